The summed E-state index contributed by atoms with van der Waals surface area (Å²) in [6.07, 6.45) is 1.28. The lowest BCUT2D eigenvalue weighted by Gasteiger charge is -2.33. The third-order valence-corrected chi connectivity index (χ3v) is 6.66. The van der Waals surface area contributed by atoms with Gasteiger partial charge in [0.1, 0.15) is 6.04 Å². The van der Waals surface area contributed by atoms with E-state index in [2.05, 4.69) is 4.98 Å². The van der Waals surface area contributed by atoms with Crippen LogP contribution < -0.4 is 0 Å². The molecule has 2 heterocycles. The Bertz CT molecular complexity index is 1250. The number of aryl methyl sites for hydroxylation is 1. The summed E-state index contributed by atoms with van der Waals surface area (Å²) in [5.41, 5.74) is 3.77. The summed E-state index contributed by atoms with van der Waals surface area (Å²) in [6.45, 7) is 1.44. The number of aromatic amines is 1. The molecule has 0 saturated carbocycles. The number of nitrogens with one attached hydrogen (secondary N) is 1. The molecule has 0 fully saturated rings. The van der Waals surface area contributed by atoms with Gasteiger partial charge in [0.05, 0.1) is 6.26 Å². The van der Waals surface area contributed by atoms with Crippen molar-refractivity contribution in [1.82, 2.24) is 9.29 Å². The molecule has 0 bridgehead atoms. The Morgan fingerprint density at radius 3 is 2.50 bits per heavy atom. The molecule has 1 N–H and O–H groups in total. The molecule has 2 aromatic carbocycles. The van der Waals surface area contributed by atoms with Crippen molar-refractivity contribution in [3.8, 4) is 0 Å². The summed E-state index contributed by atoms with van der Waals surface area (Å²) in [5.74, 6) is -1.05. The summed E-state index contributed by atoms with van der Waals surface area (Å²) < 4.78 is 31.0. The normalized spacial score (nSPS) is 16.9. The number of fused-ring (bicyclic) bond motifs is 2. The lowest BCUT2D eigenvalue weighted by atomic mass is 9.96. The zero-order chi connectivity index (χ0) is 21.5. The molecule has 1 aliphatic rings. The molecular formula is C22H22N2O5S. The van der Waals surface area contributed by atoms with Gasteiger partial charge in [0.2, 0.25) is 15.8 Å². The zero-order valence-electron chi connectivity index (χ0n) is 16.7. The van der Waals surface area contributed by atoms with E-state index < -0.39 is 28.6 Å². The minimum Gasteiger partial charge on any atom is -0.456 e. The van der Waals surface area contributed by atoms with Gasteiger partial charge in [-0.2, -0.15) is 4.31 Å². The van der Waals surface area contributed by atoms with Crippen LogP contribution >= 0.6 is 0 Å². The molecular weight excluding hydrogens is 404 g/mol. The van der Waals surface area contributed by atoms with E-state index in [-0.39, 0.29) is 18.7 Å². The Morgan fingerprint density at radius 2 is 1.77 bits per heavy atom. The quantitative estimate of drug-likeness (QED) is 0.500. The van der Waals surface area contributed by atoms with Gasteiger partial charge in [-0.1, -0.05) is 42.5 Å². The maximum Gasteiger partial charge on any atom is 0.325 e. The molecule has 0 spiro atoms. The van der Waals surface area contributed by atoms with E-state index in [9.17, 15) is 18.0 Å². The third-order valence-electron chi connectivity index (χ3n) is 5.42. The van der Waals surface area contributed by atoms with Crippen LogP contribution in [0.2, 0.25) is 0 Å². The average Bonchev–Trinajstić information content (AvgIpc) is 3.05. The minimum absolute atomic E-state index is 0.101. The fourth-order valence-corrected chi connectivity index (χ4v) is 4.99. The SMILES string of the molecule is Cc1[nH]c2ccccc2c1C(=O)COC(=O)[C@H]1Cc2ccccc2CN1S(C)(=O)=O. The van der Waals surface area contributed by atoms with Crippen LogP contribution in [0.25, 0.3) is 10.9 Å². The molecule has 1 aliphatic heterocycles. The van der Waals surface area contributed by atoms with Crippen LogP contribution in [0, 0.1) is 6.92 Å². The number of aromatic nitrogens is 1. The highest BCUT2D eigenvalue weighted by Crippen LogP contribution is 2.27. The number of hydrogen-bond acceptors (Lipinski definition) is 5. The number of H-pyrrole nitrogens is 1. The fourth-order valence-electron chi connectivity index (χ4n) is 3.99. The van der Waals surface area contributed by atoms with E-state index in [4.69, 9.17) is 4.74 Å². The monoisotopic (exact) mass is 426 g/mol. The minimum atomic E-state index is -3.64. The lowest BCUT2D eigenvalue weighted by molar-refractivity contribution is -0.147. The van der Waals surface area contributed by atoms with Gasteiger partial charge < -0.3 is 9.72 Å². The summed E-state index contributed by atoms with van der Waals surface area (Å²) >= 11 is 0. The summed E-state index contributed by atoms with van der Waals surface area (Å²) in [5, 5.41) is 0.764. The third kappa shape index (κ3) is 3.76. The van der Waals surface area contributed by atoms with Crippen molar-refractivity contribution in [3.05, 3.63) is 70.9 Å². The van der Waals surface area contributed by atoms with E-state index in [1.807, 2.05) is 48.5 Å². The van der Waals surface area contributed by atoms with Crippen LogP contribution in [0.15, 0.2) is 48.5 Å². The van der Waals surface area contributed by atoms with Gasteiger partial charge in [-0.05, 0) is 24.1 Å². The predicted molar refractivity (Wildman–Crippen MR) is 113 cm³/mol. The number of benzene rings is 2. The number of esters is 1. The van der Waals surface area contributed by atoms with Crippen LogP contribution in [-0.2, 0) is 32.5 Å². The highest BCUT2D eigenvalue weighted by Gasteiger charge is 2.38. The molecule has 156 valence electrons. The van der Waals surface area contributed by atoms with Crippen molar-refractivity contribution < 1.29 is 22.7 Å². The lowest BCUT2D eigenvalue weighted by Crippen LogP contribution is -2.49. The van der Waals surface area contributed by atoms with Gasteiger partial charge in [-0.25, -0.2) is 8.42 Å². The molecule has 0 amide bonds. The molecule has 0 unspecified atom stereocenters. The molecule has 30 heavy (non-hydrogen) atoms. The van der Waals surface area contributed by atoms with Gasteiger partial charge in [0.25, 0.3) is 0 Å². The Balaban J connectivity index is 1.54. The fraction of sp³-hybridized carbons (Fsp3) is 0.273. The zero-order valence-corrected chi connectivity index (χ0v) is 17.5. The predicted octanol–water partition coefficient (Wildman–Crippen LogP) is 2.59. The van der Waals surface area contributed by atoms with Gasteiger partial charge in [0.15, 0.2) is 6.61 Å². The second-order valence-electron chi connectivity index (χ2n) is 7.50. The molecule has 4 rings (SSSR count). The topological polar surface area (TPSA) is 96.5 Å². The van der Waals surface area contributed by atoms with E-state index in [0.717, 1.165) is 32.6 Å². The molecule has 1 atom stereocenters. The highest BCUT2D eigenvalue weighted by atomic mass is 32.2. The molecule has 0 radical (unpaired) electrons. The Kier molecular flexibility index (Phi) is 5.21. The van der Waals surface area contributed by atoms with Crippen molar-refractivity contribution in [3.63, 3.8) is 0 Å². The first-order valence-corrected chi connectivity index (χ1v) is 11.4. The van der Waals surface area contributed by atoms with E-state index in [1.165, 1.54) is 0 Å². The highest BCUT2D eigenvalue weighted by molar-refractivity contribution is 7.88. The van der Waals surface area contributed by atoms with E-state index in [0.29, 0.717) is 11.3 Å². The first kappa shape index (κ1) is 20.3. The number of hydrogen-bond donors (Lipinski definition) is 1. The summed E-state index contributed by atoms with van der Waals surface area (Å²) in [4.78, 5) is 28.7. The van der Waals surface area contributed by atoms with Crippen LogP contribution in [-0.4, -0.2) is 48.4 Å². The standard InChI is InChI=1S/C22H22N2O5S/c1-14-21(17-9-5-6-10-18(17)23-14)20(25)13-29-22(26)19-11-15-7-3-4-8-16(15)12-24(19)30(2,27)28/h3-10,19,23H,11-13H2,1-2H3/t19-/m1/s1. The van der Waals surface area contributed by atoms with Crippen LogP contribution in [0.1, 0.15) is 27.2 Å². The number of carbonyl (C=O) groups excluding carboxylic acids is 2. The Labute approximate surface area is 174 Å². The van der Waals surface area contributed by atoms with Gasteiger partial charge in [0, 0.05) is 35.1 Å². The van der Waals surface area contributed by atoms with Gasteiger partial charge >= 0.3 is 5.97 Å². The maximum absolute atomic E-state index is 12.8. The molecule has 8 heteroatoms. The van der Waals surface area contributed by atoms with Crippen LogP contribution in [0.4, 0.5) is 0 Å². The first-order chi connectivity index (χ1) is 14.3. The van der Waals surface area contributed by atoms with Crippen molar-refractivity contribution in [1.29, 1.82) is 0 Å². The molecule has 7 nitrogen and oxygen atoms in total. The maximum atomic E-state index is 12.8. The van der Waals surface area contributed by atoms with Gasteiger partial charge in [-0.3, -0.25) is 9.59 Å². The molecule has 3 aromatic rings. The van der Waals surface area contributed by atoms with Crippen molar-refractivity contribution >= 4 is 32.7 Å². The second kappa shape index (κ2) is 7.70. The van der Waals surface area contributed by atoms with Crippen molar-refractivity contribution in [2.45, 2.75) is 25.9 Å². The second-order valence-corrected chi connectivity index (χ2v) is 9.43. The number of Topliss-reactive ketones (excluding diaryl/α,β-unsaturated/α-hetero) is 1. The van der Waals surface area contributed by atoms with Gasteiger partial charge in [-0.15, -0.1) is 0 Å². The number of rotatable bonds is 5. The Hall–Kier alpha value is -2.97. The largest absolute Gasteiger partial charge is 0.456 e. The Morgan fingerprint density at radius 1 is 1.10 bits per heavy atom. The van der Waals surface area contributed by atoms with Crippen molar-refractivity contribution in [2.24, 2.45) is 0 Å². The van der Waals surface area contributed by atoms with Crippen molar-refractivity contribution in [2.75, 3.05) is 12.9 Å². The number of nitrogens with zero attached hydrogens (tertiary/aromatic N) is 1. The average molecular weight is 426 g/mol. The number of carbonyl (C=O) groups is 2. The smallest absolute Gasteiger partial charge is 0.325 e. The molecule has 0 saturated heterocycles. The summed E-state index contributed by atoms with van der Waals surface area (Å²) in [6, 6.07) is 13.8. The molecule has 0 aliphatic carbocycles. The van der Waals surface area contributed by atoms with E-state index >= 15 is 0 Å². The first-order valence-electron chi connectivity index (χ1n) is 9.56. The summed E-state index contributed by atoms with van der Waals surface area (Å²) in [7, 11) is -3.64. The van der Waals surface area contributed by atoms with Crippen LogP contribution in [0.5, 0.6) is 0 Å². The number of ketones is 1. The number of sulfonamides is 1. The molecule has 1 aromatic heterocycles. The van der Waals surface area contributed by atoms with Crippen LogP contribution in [0.3, 0.4) is 0 Å². The number of para-hydroxylation sites is 1. The number of ether oxygens (including phenoxy) is 1. The van der Waals surface area contributed by atoms with E-state index in [1.54, 1.807) is 6.92 Å².